The highest BCUT2D eigenvalue weighted by atomic mass is 16.5. The molecule has 4 rings (SSSR count). The van der Waals surface area contributed by atoms with Gasteiger partial charge in [0.2, 0.25) is 5.95 Å². The van der Waals surface area contributed by atoms with E-state index in [0.29, 0.717) is 17.3 Å². The fraction of sp³-hybridized carbons (Fsp3) is 0.0455. The van der Waals surface area contributed by atoms with Gasteiger partial charge in [-0.05, 0) is 36.4 Å². The molecule has 0 aliphatic heterocycles. The van der Waals surface area contributed by atoms with Crippen LogP contribution >= 0.6 is 0 Å². The van der Waals surface area contributed by atoms with Crippen LogP contribution in [0.4, 0.5) is 23.3 Å². The van der Waals surface area contributed by atoms with Gasteiger partial charge in [0, 0.05) is 24.2 Å². The fourth-order valence-corrected chi connectivity index (χ4v) is 2.95. The van der Waals surface area contributed by atoms with Gasteiger partial charge in [0.15, 0.2) is 11.6 Å². The number of pyridine rings is 2. The summed E-state index contributed by atoms with van der Waals surface area (Å²) in [6.45, 7) is 0. The molecule has 0 spiro atoms. The maximum Gasteiger partial charge on any atom is 0.341 e. The molecular formula is C22H18N6O3. The zero-order chi connectivity index (χ0) is 21.6. The van der Waals surface area contributed by atoms with Gasteiger partial charge in [-0.1, -0.05) is 18.2 Å². The minimum Gasteiger partial charge on any atom is -0.494 e. The molecule has 0 unspecified atom stereocenters. The normalized spacial score (nSPS) is 10.4. The van der Waals surface area contributed by atoms with Gasteiger partial charge in [-0.15, -0.1) is 0 Å². The Balaban J connectivity index is 1.73. The van der Waals surface area contributed by atoms with E-state index in [1.807, 2.05) is 36.4 Å². The Hall–Kier alpha value is -4.53. The van der Waals surface area contributed by atoms with E-state index < -0.39 is 5.97 Å². The van der Waals surface area contributed by atoms with Gasteiger partial charge in [-0.25, -0.2) is 14.8 Å². The van der Waals surface area contributed by atoms with Crippen LogP contribution in [0.2, 0.25) is 0 Å². The van der Waals surface area contributed by atoms with E-state index >= 15 is 0 Å². The first-order chi connectivity index (χ1) is 15.2. The number of hydrogen-bond donors (Lipinski definition) is 3. The number of hydrogen-bond acceptors (Lipinski definition) is 8. The number of aromatic nitrogens is 4. The van der Waals surface area contributed by atoms with Crippen LogP contribution in [-0.2, 0) is 0 Å². The molecule has 3 N–H and O–H groups in total. The van der Waals surface area contributed by atoms with E-state index in [1.165, 1.54) is 6.20 Å². The van der Waals surface area contributed by atoms with E-state index in [1.54, 1.807) is 37.7 Å². The highest BCUT2D eigenvalue weighted by Gasteiger charge is 2.18. The van der Waals surface area contributed by atoms with Crippen molar-refractivity contribution in [2.24, 2.45) is 0 Å². The summed E-state index contributed by atoms with van der Waals surface area (Å²) in [6, 6.07) is 16.4. The molecule has 3 aromatic heterocycles. The summed E-state index contributed by atoms with van der Waals surface area (Å²) in [7, 11) is 1.54. The Morgan fingerprint density at radius 3 is 2.42 bits per heavy atom. The molecule has 3 heterocycles. The van der Waals surface area contributed by atoms with Crippen LogP contribution in [0.15, 0.2) is 73.2 Å². The molecule has 0 aliphatic carbocycles. The number of carboxylic acids is 1. The average Bonchev–Trinajstić information content (AvgIpc) is 2.80. The number of aromatic carboxylic acids is 1. The smallest absolute Gasteiger partial charge is 0.341 e. The summed E-state index contributed by atoms with van der Waals surface area (Å²) in [5.41, 5.74) is 1.93. The lowest BCUT2D eigenvalue weighted by molar-refractivity contribution is 0.0697. The molecule has 0 aliphatic rings. The monoisotopic (exact) mass is 414 g/mol. The molecule has 0 amide bonds. The Bertz CT molecular complexity index is 1200. The molecule has 0 radical (unpaired) electrons. The lowest BCUT2D eigenvalue weighted by atomic mass is 10.1. The number of ether oxygens (including phenoxy) is 1. The molecule has 1 aromatic carbocycles. The molecular weight excluding hydrogens is 396 g/mol. The van der Waals surface area contributed by atoms with Crippen LogP contribution in [0.3, 0.4) is 0 Å². The Morgan fingerprint density at radius 1 is 0.935 bits per heavy atom. The second-order valence-corrected chi connectivity index (χ2v) is 6.33. The number of nitrogens with one attached hydrogen (secondary N) is 2. The highest BCUT2D eigenvalue weighted by Crippen LogP contribution is 2.37. The van der Waals surface area contributed by atoms with Gasteiger partial charge in [0.05, 0.1) is 18.5 Å². The number of anilines is 4. The van der Waals surface area contributed by atoms with Crippen molar-refractivity contribution in [3.8, 4) is 17.0 Å². The number of methoxy groups -OCH3 is 1. The minimum atomic E-state index is -1.16. The lowest BCUT2D eigenvalue weighted by Gasteiger charge is -2.16. The van der Waals surface area contributed by atoms with Gasteiger partial charge in [-0.3, -0.25) is 4.98 Å². The van der Waals surface area contributed by atoms with Crippen LogP contribution < -0.4 is 15.4 Å². The third-order valence-corrected chi connectivity index (χ3v) is 4.34. The van der Waals surface area contributed by atoms with Gasteiger partial charge < -0.3 is 20.5 Å². The molecule has 4 aromatic rings. The third-order valence-electron chi connectivity index (χ3n) is 4.34. The Morgan fingerprint density at radius 2 is 1.74 bits per heavy atom. The predicted octanol–water partition coefficient (Wildman–Crippen LogP) is 4.13. The molecule has 9 nitrogen and oxygen atoms in total. The van der Waals surface area contributed by atoms with Crippen molar-refractivity contribution in [3.63, 3.8) is 0 Å². The number of nitrogens with zero attached hydrogens (tertiary/aromatic N) is 4. The fourth-order valence-electron chi connectivity index (χ4n) is 2.95. The number of carbonyl (C=O) groups is 1. The molecule has 31 heavy (non-hydrogen) atoms. The van der Waals surface area contributed by atoms with Crippen LogP contribution in [-0.4, -0.2) is 38.1 Å². The van der Waals surface area contributed by atoms with Crippen molar-refractivity contribution in [1.29, 1.82) is 0 Å². The highest BCUT2D eigenvalue weighted by molar-refractivity contribution is 5.94. The van der Waals surface area contributed by atoms with Crippen molar-refractivity contribution < 1.29 is 14.6 Å². The minimum absolute atomic E-state index is 0.0862. The van der Waals surface area contributed by atoms with E-state index in [4.69, 9.17) is 4.74 Å². The molecule has 0 fully saturated rings. The van der Waals surface area contributed by atoms with Crippen molar-refractivity contribution in [2.75, 3.05) is 17.7 Å². The zero-order valence-electron chi connectivity index (χ0n) is 16.5. The molecule has 0 bridgehead atoms. The second-order valence-electron chi connectivity index (χ2n) is 6.33. The van der Waals surface area contributed by atoms with Crippen LogP contribution in [0.5, 0.6) is 5.75 Å². The summed E-state index contributed by atoms with van der Waals surface area (Å²) >= 11 is 0. The summed E-state index contributed by atoms with van der Waals surface area (Å²) < 4.78 is 5.61. The zero-order valence-corrected chi connectivity index (χ0v) is 16.5. The first-order valence-corrected chi connectivity index (χ1v) is 9.29. The third kappa shape index (κ3) is 4.40. The quantitative estimate of drug-likeness (QED) is 0.410. The average molecular weight is 414 g/mol. The molecule has 9 heteroatoms. The predicted molar refractivity (Wildman–Crippen MR) is 116 cm³/mol. The van der Waals surface area contributed by atoms with Crippen LogP contribution in [0, 0.1) is 0 Å². The van der Waals surface area contributed by atoms with E-state index in [0.717, 1.165) is 11.3 Å². The van der Waals surface area contributed by atoms with Gasteiger partial charge in [0.1, 0.15) is 11.4 Å². The SMILES string of the molecule is COc1c(Nc2nc(Nc3ccccn3)ncc2C(=O)O)cccc1-c1ccccn1. The van der Waals surface area contributed by atoms with Crippen molar-refractivity contribution in [3.05, 3.63) is 78.8 Å². The van der Waals surface area contributed by atoms with Gasteiger partial charge in [0.25, 0.3) is 0 Å². The summed E-state index contributed by atoms with van der Waals surface area (Å²) in [5.74, 6) is 0.192. The van der Waals surface area contributed by atoms with Crippen molar-refractivity contribution >= 4 is 29.2 Å². The Kier molecular flexibility index (Phi) is 5.66. The first-order valence-electron chi connectivity index (χ1n) is 9.29. The second kappa shape index (κ2) is 8.87. The standard InChI is InChI=1S/C22H18N6O3/c1-31-19-14(16-8-2-4-11-23-16)7-6-9-17(19)26-20-15(21(29)30)13-25-22(28-20)27-18-10-3-5-12-24-18/h2-13H,1H3,(H,29,30)(H2,24,25,26,27,28). The summed E-state index contributed by atoms with van der Waals surface area (Å²) in [6.07, 6.45) is 4.55. The maximum atomic E-state index is 11.7. The first kappa shape index (κ1) is 19.8. The molecule has 0 saturated heterocycles. The van der Waals surface area contributed by atoms with E-state index in [2.05, 4.69) is 30.6 Å². The number of carboxylic acid groups (broad SMARTS) is 1. The molecule has 0 saturated carbocycles. The largest absolute Gasteiger partial charge is 0.494 e. The Labute approximate surface area is 177 Å². The topological polar surface area (TPSA) is 122 Å². The number of benzene rings is 1. The summed E-state index contributed by atoms with van der Waals surface area (Å²) in [5, 5.41) is 15.6. The lowest BCUT2D eigenvalue weighted by Crippen LogP contribution is -2.09. The van der Waals surface area contributed by atoms with E-state index in [-0.39, 0.29) is 17.3 Å². The molecule has 154 valence electrons. The van der Waals surface area contributed by atoms with Crippen LogP contribution in [0.25, 0.3) is 11.3 Å². The van der Waals surface area contributed by atoms with Crippen molar-refractivity contribution in [1.82, 2.24) is 19.9 Å². The number of rotatable bonds is 7. The number of para-hydroxylation sites is 1. The maximum absolute atomic E-state index is 11.7. The van der Waals surface area contributed by atoms with Gasteiger partial charge >= 0.3 is 5.97 Å². The summed E-state index contributed by atoms with van der Waals surface area (Å²) in [4.78, 5) is 28.7. The molecule has 0 atom stereocenters. The van der Waals surface area contributed by atoms with E-state index in [9.17, 15) is 9.90 Å². The van der Waals surface area contributed by atoms with Gasteiger partial charge in [-0.2, -0.15) is 4.98 Å². The van der Waals surface area contributed by atoms with Crippen LogP contribution in [0.1, 0.15) is 10.4 Å². The van der Waals surface area contributed by atoms with Crippen molar-refractivity contribution in [2.45, 2.75) is 0 Å².